The van der Waals surface area contributed by atoms with Crippen LogP contribution in [0.5, 0.6) is 0 Å². The summed E-state index contributed by atoms with van der Waals surface area (Å²) >= 11 is 0. The van der Waals surface area contributed by atoms with Crippen LogP contribution in [-0.2, 0) is 0 Å². The van der Waals surface area contributed by atoms with Gasteiger partial charge >= 0.3 is 0 Å². The van der Waals surface area contributed by atoms with Crippen LogP contribution in [0.1, 0.15) is 11.7 Å². The van der Waals surface area contributed by atoms with Gasteiger partial charge in [-0.15, -0.1) is 0 Å². The zero-order chi connectivity index (χ0) is 19.7. The fourth-order valence-corrected chi connectivity index (χ4v) is 3.56. The number of halogens is 2. The fraction of sp³-hybridized carbons (Fsp3) is 0.143. The predicted molar refractivity (Wildman–Crippen MR) is 103 cm³/mol. The van der Waals surface area contributed by atoms with E-state index in [1.807, 2.05) is 0 Å². The number of nitrogens with zero attached hydrogens (tertiary/aromatic N) is 3. The van der Waals surface area contributed by atoms with Crippen molar-refractivity contribution in [2.24, 2.45) is 0 Å². The van der Waals surface area contributed by atoms with Gasteiger partial charge in [0.1, 0.15) is 17.8 Å². The van der Waals surface area contributed by atoms with Crippen LogP contribution in [0.3, 0.4) is 0 Å². The minimum atomic E-state index is -0.437. The molecule has 1 aliphatic heterocycles. The standard InChI is InChI=1S/C21H17F2N3O2/c22-16-3-9-18(10-4-16)24-13-14-25(19-11-5-17(23)6-12-19)21(24)15-1-7-20(8-2-15)26(27)28/h1-12,21H,13-14H2. The molecule has 0 N–H and O–H groups in total. The molecule has 0 aromatic heterocycles. The molecule has 0 aliphatic carbocycles. The summed E-state index contributed by atoms with van der Waals surface area (Å²) in [6, 6.07) is 18.9. The van der Waals surface area contributed by atoms with Crippen molar-refractivity contribution in [3.8, 4) is 0 Å². The molecule has 28 heavy (non-hydrogen) atoms. The zero-order valence-electron chi connectivity index (χ0n) is 14.8. The minimum absolute atomic E-state index is 0.0170. The van der Waals surface area contributed by atoms with Crippen LogP contribution >= 0.6 is 0 Å². The third-order valence-corrected chi connectivity index (χ3v) is 4.89. The Morgan fingerprint density at radius 3 is 1.57 bits per heavy atom. The number of benzene rings is 3. The highest BCUT2D eigenvalue weighted by molar-refractivity contribution is 5.59. The Morgan fingerprint density at radius 1 is 0.750 bits per heavy atom. The molecule has 1 saturated heterocycles. The lowest BCUT2D eigenvalue weighted by Gasteiger charge is -2.33. The molecule has 0 atom stereocenters. The number of non-ortho nitro benzene ring substituents is 1. The van der Waals surface area contributed by atoms with Gasteiger partial charge in [0.05, 0.1) is 4.92 Å². The molecule has 3 aromatic carbocycles. The summed E-state index contributed by atoms with van der Waals surface area (Å²) < 4.78 is 26.7. The molecule has 1 aliphatic rings. The first-order chi connectivity index (χ1) is 13.5. The highest BCUT2D eigenvalue weighted by atomic mass is 19.1. The van der Waals surface area contributed by atoms with Crippen molar-refractivity contribution in [3.63, 3.8) is 0 Å². The summed E-state index contributed by atoms with van der Waals surface area (Å²) in [4.78, 5) is 14.7. The predicted octanol–water partition coefficient (Wildman–Crippen LogP) is 4.90. The Balaban J connectivity index is 1.75. The van der Waals surface area contributed by atoms with Gasteiger partial charge in [0.15, 0.2) is 0 Å². The van der Waals surface area contributed by atoms with E-state index >= 15 is 0 Å². The Hall–Kier alpha value is -3.48. The van der Waals surface area contributed by atoms with Gasteiger partial charge in [-0.25, -0.2) is 8.78 Å². The maximum absolute atomic E-state index is 13.4. The zero-order valence-corrected chi connectivity index (χ0v) is 14.8. The summed E-state index contributed by atoms with van der Waals surface area (Å²) in [7, 11) is 0. The third kappa shape index (κ3) is 3.38. The van der Waals surface area contributed by atoms with Crippen molar-refractivity contribution in [1.82, 2.24) is 0 Å². The van der Waals surface area contributed by atoms with Gasteiger partial charge in [0, 0.05) is 36.6 Å². The van der Waals surface area contributed by atoms with Crippen molar-refractivity contribution >= 4 is 17.1 Å². The van der Waals surface area contributed by atoms with Crippen molar-refractivity contribution < 1.29 is 13.7 Å². The average molecular weight is 381 g/mol. The largest absolute Gasteiger partial charge is 0.346 e. The number of hydrogen-bond acceptors (Lipinski definition) is 4. The first-order valence-corrected chi connectivity index (χ1v) is 8.82. The molecule has 4 rings (SSSR count). The fourth-order valence-electron chi connectivity index (χ4n) is 3.56. The molecule has 0 spiro atoms. The van der Waals surface area contributed by atoms with Crippen LogP contribution in [0, 0.1) is 21.7 Å². The summed E-state index contributed by atoms with van der Waals surface area (Å²) in [6.07, 6.45) is -0.253. The summed E-state index contributed by atoms with van der Waals surface area (Å²) in [5.41, 5.74) is 2.56. The van der Waals surface area contributed by atoms with E-state index in [-0.39, 0.29) is 23.5 Å². The van der Waals surface area contributed by atoms with Gasteiger partial charge in [-0.3, -0.25) is 10.1 Å². The molecule has 0 radical (unpaired) electrons. The highest BCUT2D eigenvalue weighted by Gasteiger charge is 2.34. The molecular formula is C21H17F2N3O2. The van der Waals surface area contributed by atoms with E-state index in [1.54, 1.807) is 36.4 Å². The number of anilines is 2. The second-order valence-electron chi connectivity index (χ2n) is 6.56. The first kappa shape index (κ1) is 17.9. The van der Waals surface area contributed by atoms with E-state index in [0.29, 0.717) is 13.1 Å². The monoisotopic (exact) mass is 381 g/mol. The SMILES string of the molecule is O=[N+]([O-])c1ccc(C2N(c3ccc(F)cc3)CCN2c2ccc(F)cc2)cc1. The van der Waals surface area contributed by atoms with Crippen LogP contribution in [0.4, 0.5) is 25.8 Å². The minimum Gasteiger partial charge on any atom is -0.346 e. The normalized spacial score (nSPS) is 14.5. The molecule has 3 aromatic rings. The van der Waals surface area contributed by atoms with E-state index < -0.39 is 4.92 Å². The molecule has 7 heteroatoms. The van der Waals surface area contributed by atoms with E-state index in [0.717, 1.165) is 16.9 Å². The van der Waals surface area contributed by atoms with Crippen molar-refractivity contribution in [2.75, 3.05) is 22.9 Å². The van der Waals surface area contributed by atoms with Gasteiger partial charge in [-0.2, -0.15) is 0 Å². The van der Waals surface area contributed by atoms with Crippen LogP contribution in [0.2, 0.25) is 0 Å². The summed E-state index contributed by atoms with van der Waals surface area (Å²) in [5.74, 6) is -0.629. The van der Waals surface area contributed by atoms with Crippen LogP contribution in [0.25, 0.3) is 0 Å². The molecular weight excluding hydrogens is 364 g/mol. The van der Waals surface area contributed by atoms with Crippen molar-refractivity contribution in [2.45, 2.75) is 6.17 Å². The maximum Gasteiger partial charge on any atom is 0.269 e. The quantitative estimate of drug-likeness (QED) is 0.477. The van der Waals surface area contributed by atoms with Crippen molar-refractivity contribution in [3.05, 3.63) is 100 Å². The molecule has 0 saturated carbocycles. The van der Waals surface area contributed by atoms with Gasteiger partial charge in [0.2, 0.25) is 0 Å². The van der Waals surface area contributed by atoms with E-state index in [2.05, 4.69) is 9.80 Å². The third-order valence-electron chi connectivity index (χ3n) is 4.89. The highest BCUT2D eigenvalue weighted by Crippen LogP contribution is 2.38. The topological polar surface area (TPSA) is 49.6 Å². The Bertz CT molecular complexity index is 923. The molecule has 0 bridgehead atoms. The van der Waals surface area contributed by atoms with Gasteiger partial charge in [0.25, 0.3) is 5.69 Å². The summed E-state index contributed by atoms with van der Waals surface area (Å²) in [6.45, 7) is 1.34. The van der Waals surface area contributed by atoms with Gasteiger partial charge in [-0.1, -0.05) is 0 Å². The van der Waals surface area contributed by atoms with Crippen LogP contribution < -0.4 is 9.80 Å². The van der Waals surface area contributed by atoms with Crippen LogP contribution in [-0.4, -0.2) is 18.0 Å². The number of rotatable bonds is 4. The maximum atomic E-state index is 13.4. The molecule has 1 fully saturated rings. The number of hydrogen-bond donors (Lipinski definition) is 0. The first-order valence-electron chi connectivity index (χ1n) is 8.82. The molecule has 5 nitrogen and oxygen atoms in total. The van der Waals surface area contributed by atoms with Crippen molar-refractivity contribution in [1.29, 1.82) is 0 Å². The molecule has 0 unspecified atom stereocenters. The van der Waals surface area contributed by atoms with Gasteiger partial charge < -0.3 is 9.80 Å². The number of nitro groups is 1. The van der Waals surface area contributed by atoms with E-state index in [1.165, 1.54) is 36.4 Å². The number of nitro benzene ring substituents is 1. The lowest BCUT2D eigenvalue weighted by molar-refractivity contribution is -0.384. The van der Waals surface area contributed by atoms with Gasteiger partial charge in [-0.05, 0) is 66.2 Å². The second-order valence-corrected chi connectivity index (χ2v) is 6.56. The van der Waals surface area contributed by atoms with E-state index in [4.69, 9.17) is 0 Å². The second kappa shape index (κ2) is 7.26. The van der Waals surface area contributed by atoms with E-state index in [9.17, 15) is 18.9 Å². The molecule has 1 heterocycles. The average Bonchev–Trinajstić information content (AvgIpc) is 3.14. The Labute approximate surface area is 160 Å². The molecule has 0 amide bonds. The lowest BCUT2D eigenvalue weighted by Crippen LogP contribution is -2.30. The Kier molecular flexibility index (Phi) is 4.65. The Morgan fingerprint density at radius 2 is 1.18 bits per heavy atom. The smallest absolute Gasteiger partial charge is 0.269 e. The van der Waals surface area contributed by atoms with Crippen LogP contribution in [0.15, 0.2) is 72.8 Å². The molecule has 142 valence electrons. The summed E-state index contributed by atoms with van der Waals surface area (Å²) in [5, 5.41) is 11.0. The lowest BCUT2D eigenvalue weighted by atomic mass is 10.1.